The van der Waals surface area contributed by atoms with Crippen LogP contribution in [-0.2, 0) is 10.8 Å². The molecule has 1 fully saturated rings. The quantitative estimate of drug-likeness (QED) is 0.595. The molecule has 5 rings (SSSR count). The molecule has 1 saturated carbocycles. The Morgan fingerprint density at radius 3 is 2.81 bits per heavy atom. The van der Waals surface area contributed by atoms with Crippen LogP contribution in [0.4, 0.5) is 0 Å². The molecule has 8 nitrogen and oxygen atoms in total. The van der Waals surface area contributed by atoms with Crippen LogP contribution in [0.1, 0.15) is 19.3 Å². The van der Waals surface area contributed by atoms with Crippen molar-refractivity contribution in [2.24, 2.45) is 0 Å². The van der Waals surface area contributed by atoms with Crippen LogP contribution >= 0.6 is 0 Å². The monoisotopic (exact) mass is 365 g/mol. The van der Waals surface area contributed by atoms with Crippen LogP contribution < -0.4 is 0 Å². The lowest BCUT2D eigenvalue weighted by Crippen LogP contribution is -2.23. The summed E-state index contributed by atoms with van der Waals surface area (Å²) in [5, 5.41) is 12.3. The number of hydrogen-bond donors (Lipinski definition) is 1. The minimum absolute atomic E-state index is 0.270. The van der Waals surface area contributed by atoms with Gasteiger partial charge in [0.05, 0.1) is 33.8 Å². The number of rotatable bonds is 4. The van der Waals surface area contributed by atoms with E-state index in [-0.39, 0.29) is 5.25 Å². The molecule has 1 aliphatic rings. The highest BCUT2D eigenvalue weighted by molar-refractivity contribution is 7.85. The van der Waals surface area contributed by atoms with Crippen molar-refractivity contribution >= 4 is 21.8 Å². The van der Waals surface area contributed by atoms with Gasteiger partial charge in [0.2, 0.25) is 0 Å². The van der Waals surface area contributed by atoms with Gasteiger partial charge in [-0.2, -0.15) is 10.2 Å². The van der Waals surface area contributed by atoms with Crippen molar-refractivity contribution in [3.8, 4) is 17.1 Å². The second-order valence-corrected chi connectivity index (χ2v) is 7.99. The lowest BCUT2D eigenvalue weighted by Gasteiger charge is -2.24. The van der Waals surface area contributed by atoms with Gasteiger partial charge < -0.3 is 0 Å². The van der Waals surface area contributed by atoms with Gasteiger partial charge in [0.15, 0.2) is 11.5 Å². The number of nitrogens with zero attached hydrogens (tertiary/aromatic N) is 6. The third-order valence-corrected chi connectivity index (χ3v) is 6.39. The third-order valence-electron chi connectivity index (χ3n) is 4.63. The van der Waals surface area contributed by atoms with Gasteiger partial charge in [0.1, 0.15) is 6.33 Å². The Bertz CT molecular complexity index is 1100. The normalized spacial score (nSPS) is 15.8. The van der Waals surface area contributed by atoms with Gasteiger partial charge in [-0.3, -0.25) is 14.3 Å². The summed E-state index contributed by atoms with van der Waals surface area (Å²) in [5.74, 6) is 0.641. The molecule has 0 unspecified atom stereocenters. The zero-order valence-corrected chi connectivity index (χ0v) is 14.6. The fraction of sp³-hybridized carbons (Fsp3) is 0.235. The Labute approximate surface area is 151 Å². The van der Waals surface area contributed by atoms with E-state index < -0.39 is 10.8 Å². The van der Waals surface area contributed by atoms with E-state index in [0.29, 0.717) is 11.5 Å². The van der Waals surface area contributed by atoms with Gasteiger partial charge in [-0.1, -0.05) is 6.42 Å². The second kappa shape index (κ2) is 6.10. The molecule has 4 aromatic rings. The van der Waals surface area contributed by atoms with Crippen molar-refractivity contribution in [2.45, 2.75) is 29.4 Å². The first kappa shape index (κ1) is 15.3. The van der Waals surface area contributed by atoms with Crippen LogP contribution in [0.5, 0.6) is 0 Å². The molecule has 4 heterocycles. The zero-order valence-electron chi connectivity index (χ0n) is 13.7. The first-order chi connectivity index (χ1) is 12.8. The zero-order chi connectivity index (χ0) is 17.5. The molecule has 0 amide bonds. The van der Waals surface area contributed by atoms with Crippen LogP contribution in [0.2, 0.25) is 0 Å². The summed E-state index contributed by atoms with van der Waals surface area (Å²) in [5.41, 5.74) is 2.29. The van der Waals surface area contributed by atoms with E-state index in [1.165, 1.54) is 12.7 Å². The van der Waals surface area contributed by atoms with Crippen molar-refractivity contribution in [2.75, 3.05) is 0 Å². The van der Waals surface area contributed by atoms with Gasteiger partial charge in [0.25, 0.3) is 0 Å². The summed E-state index contributed by atoms with van der Waals surface area (Å²) in [6.07, 6.45) is 11.5. The molecule has 0 aliphatic heterocycles. The van der Waals surface area contributed by atoms with E-state index >= 15 is 0 Å². The molecular formula is C17H15N7OS. The molecule has 4 aromatic heterocycles. The Hall–Kier alpha value is -2.94. The molecule has 0 aromatic carbocycles. The smallest absolute Gasteiger partial charge is 0.163 e. The minimum atomic E-state index is -0.988. The van der Waals surface area contributed by atoms with Crippen LogP contribution in [-0.4, -0.2) is 44.4 Å². The van der Waals surface area contributed by atoms with Crippen LogP contribution in [0, 0.1) is 0 Å². The van der Waals surface area contributed by atoms with E-state index in [1.54, 1.807) is 29.5 Å². The van der Waals surface area contributed by atoms with E-state index in [1.807, 2.05) is 12.1 Å². The molecule has 130 valence electrons. The Morgan fingerprint density at radius 1 is 1.12 bits per heavy atom. The summed E-state index contributed by atoms with van der Waals surface area (Å²) in [7, 11) is -0.988. The maximum atomic E-state index is 12.5. The van der Waals surface area contributed by atoms with Crippen molar-refractivity contribution in [3.05, 3.63) is 43.2 Å². The molecule has 0 radical (unpaired) electrons. The van der Waals surface area contributed by atoms with Crippen molar-refractivity contribution in [1.82, 2.24) is 34.9 Å². The Balaban J connectivity index is 1.54. The van der Waals surface area contributed by atoms with E-state index in [0.717, 1.165) is 34.4 Å². The SMILES string of the molecule is O=[S@](c1cnc2c(cnn2-c2cncc(-c3ncn[nH]3)c2)c1)C1CCC1. The van der Waals surface area contributed by atoms with Crippen LogP contribution in [0.3, 0.4) is 0 Å². The standard InChI is InChI=1S/C17H15N7OS/c25-26(14-2-1-3-14)15-5-12-7-22-24(17(12)19-9-15)13-4-11(6-18-8-13)16-20-10-21-23-16/h4-10,14H,1-3H2,(H,20,21,23)/t26-/m0/s1. The van der Waals surface area contributed by atoms with Gasteiger partial charge in [0, 0.05) is 28.6 Å². The second-order valence-electron chi connectivity index (χ2n) is 6.26. The maximum absolute atomic E-state index is 12.5. The summed E-state index contributed by atoms with van der Waals surface area (Å²) >= 11 is 0. The molecule has 9 heteroatoms. The highest BCUT2D eigenvalue weighted by Crippen LogP contribution is 2.29. The topological polar surface area (TPSA) is 102 Å². The molecule has 26 heavy (non-hydrogen) atoms. The third kappa shape index (κ3) is 2.51. The number of H-pyrrole nitrogens is 1. The fourth-order valence-corrected chi connectivity index (χ4v) is 4.54. The van der Waals surface area contributed by atoms with E-state index in [9.17, 15) is 4.21 Å². The number of fused-ring (bicyclic) bond motifs is 1. The average molecular weight is 365 g/mol. The van der Waals surface area contributed by atoms with Gasteiger partial charge in [-0.25, -0.2) is 14.6 Å². The molecule has 1 N–H and O–H groups in total. The lowest BCUT2D eigenvalue weighted by atomic mass is 10.0. The first-order valence-corrected chi connectivity index (χ1v) is 9.56. The van der Waals surface area contributed by atoms with Crippen LogP contribution in [0.15, 0.2) is 48.1 Å². The van der Waals surface area contributed by atoms with Gasteiger partial charge in [-0.05, 0) is 25.0 Å². The predicted molar refractivity (Wildman–Crippen MR) is 96.1 cm³/mol. The summed E-state index contributed by atoms with van der Waals surface area (Å²) in [6.45, 7) is 0. The largest absolute Gasteiger partial charge is 0.262 e. The molecule has 0 bridgehead atoms. The predicted octanol–water partition coefficient (Wildman–Crippen LogP) is 2.26. The van der Waals surface area contributed by atoms with Crippen molar-refractivity contribution < 1.29 is 4.21 Å². The summed E-state index contributed by atoms with van der Waals surface area (Å²) in [6, 6.07) is 3.84. The summed E-state index contributed by atoms with van der Waals surface area (Å²) < 4.78 is 14.3. The highest BCUT2D eigenvalue weighted by Gasteiger charge is 2.25. The number of aromatic amines is 1. The number of hydrogen-bond acceptors (Lipinski definition) is 6. The van der Waals surface area contributed by atoms with Crippen molar-refractivity contribution in [1.29, 1.82) is 0 Å². The Morgan fingerprint density at radius 2 is 2.04 bits per heavy atom. The van der Waals surface area contributed by atoms with Crippen molar-refractivity contribution in [3.63, 3.8) is 0 Å². The molecule has 0 spiro atoms. The number of pyridine rings is 2. The maximum Gasteiger partial charge on any atom is 0.163 e. The molecule has 0 saturated heterocycles. The first-order valence-electron chi connectivity index (χ1n) is 8.35. The Kier molecular flexibility index (Phi) is 3.59. The minimum Gasteiger partial charge on any atom is -0.262 e. The highest BCUT2D eigenvalue weighted by atomic mass is 32.2. The average Bonchev–Trinajstić information content (AvgIpc) is 3.29. The van der Waals surface area contributed by atoms with E-state index in [2.05, 4.69) is 30.2 Å². The van der Waals surface area contributed by atoms with E-state index in [4.69, 9.17) is 0 Å². The molecule has 1 atom stereocenters. The fourth-order valence-electron chi connectivity index (χ4n) is 2.99. The molecule has 1 aliphatic carbocycles. The van der Waals surface area contributed by atoms with Crippen LogP contribution in [0.25, 0.3) is 28.1 Å². The molecular weight excluding hydrogens is 350 g/mol. The number of nitrogens with one attached hydrogen (secondary N) is 1. The van der Waals surface area contributed by atoms with Gasteiger partial charge >= 0.3 is 0 Å². The van der Waals surface area contributed by atoms with Gasteiger partial charge in [-0.15, -0.1) is 0 Å². The summed E-state index contributed by atoms with van der Waals surface area (Å²) in [4.78, 5) is 13.7. The lowest BCUT2D eigenvalue weighted by molar-refractivity contribution is 0.505. The number of aromatic nitrogens is 7.